The Morgan fingerprint density at radius 1 is 1.00 bits per heavy atom. The van der Waals surface area contributed by atoms with Gasteiger partial charge in [0, 0.05) is 38.9 Å². The van der Waals surface area contributed by atoms with E-state index in [-0.39, 0.29) is 11.5 Å². The molecule has 1 aliphatic rings. The standard InChI is InChI=1S/C24H25N5O2/c1-17-7-6-10-28-21(17)25-22-19(23(28)30)15-20(24(31)27-13-11-26(2)12-14-27)29(22)16-18-8-4-3-5-9-18/h3-10,15H,11-14,16H2,1-2H3. The second-order valence-corrected chi connectivity index (χ2v) is 8.24. The Kier molecular flexibility index (Phi) is 4.82. The van der Waals surface area contributed by atoms with Crippen LogP contribution in [-0.4, -0.2) is 62.9 Å². The molecule has 0 saturated carbocycles. The van der Waals surface area contributed by atoms with Crippen molar-refractivity contribution < 1.29 is 4.79 Å². The fraction of sp³-hybridized carbons (Fsp3) is 0.292. The summed E-state index contributed by atoms with van der Waals surface area (Å²) >= 11 is 0. The van der Waals surface area contributed by atoms with Crippen molar-refractivity contribution in [2.75, 3.05) is 33.2 Å². The van der Waals surface area contributed by atoms with Crippen molar-refractivity contribution in [2.24, 2.45) is 0 Å². The minimum atomic E-state index is -0.150. The van der Waals surface area contributed by atoms with E-state index in [1.54, 1.807) is 16.7 Å². The molecule has 7 heteroatoms. The minimum Gasteiger partial charge on any atom is -0.335 e. The van der Waals surface area contributed by atoms with Crippen LogP contribution in [0, 0.1) is 6.92 Å². The molecule has 1 amide bonds. The van der Waals surface area contributed by atoms with Crippen LogP contribution in [0.15, 0.2) is 59.5 Å². The lowest BCUT2D eigenvalue weighted by Gasteiger charge is -2.32. The predicted octanol–water partition coefficient (Wildman–Crippen LogP) is 2.39. The van der Waals surface area contributed by atoms with E-state index >= 15 is 0 Å². The Bertz CT molecular complexity index is 1330. The highest BCUT2D eigenvalue weighted by Gasteiger charge is 2.26. The summed E-state index contributed by atoms with van der Waals surface area (Å²) in [6, 6.07) is 15.5. The first-order chi connectivity index (χ1) is 15.0. The third-order valence-corrected chi connectivity index (χ3v) is 6.08. The van der Waals surface area contributed by atoms with Crippen LogP contribution >= 0.6 is 0 Å². The van der Waals surface area contributed by atoms with E-state index in [4.69, 9.17) is 4.98 Å². The fourth-order valence-electron chi connectivity index (χ4n) is 4.24. The van der Waals surface area contributed by atoms with Crippen LogP contribution < -0.4 is 5.56 Å². The lowest BCUT2D eigenvalue weighted by molar-refractivity contribution is 0.0654. The smallest absolute Gasteiger partial charge is 0.270 e. The minimum absolute atomic E-state index is 0.0489. The second kappa shape index (κ2) is 7.67. The first kappa shape index (κ1) is 19.5. The molecule has 4 aromatic rings. The number of benzene rings is 1. The summed E-state index contributed by atoms with van der Waals surface area (Å²) in [6.45, 7) is 5.46. The van der Waals surface area contributed by atoms with Gasteiger partial charge >= 0.3 is 0 Å². The van der Waals surface area contributed by atoms with E-state index < -0.39 is 0 Å². The van der Waals surface area contributed by atoms with Crippen molar-refractivity contribution in [2.45, 2.75) is 13.5 Å². The number of hydrogen-bond acceptors (Lipinski definition) is 4. The van der Waals surface area contributed by atoms with E-state index in [1.807, 2.05) is 58.9 Å². The van der Waals surface area contributed by atoms with Gasteiger partial charge in [-0.1, -0.05) is 36.4 Å². The van der Waals surface area contributed by atoms with Gasteiger partial charge in [-0.15, -0.1) is 0 Å². The van der Waals surface area contributed by atoms with Gasteiger partial charge in [-0.3, -0.25) is 14.0 Å². The highest BCUT2D eigenvalue weighted by molar-refractivity contribution is 5.98. The lowest BCUT2D eigenvalue weighted by atomic mass is 10.2. The molecule has 0 atom stereocenters. The first-order valence-electron chi connectivity index (χ1n) is 10.6. The molecular weight excluding hydrogens is 390 g/mol. The number of aryl methyl sites for hydroxylation is 1. The van der Waals surface area contributed by atoms with E-state index in [2.05, 4.69) is 11.9 Å². The van der Waals surface area contributed by atoms with Gasteiger partial charge in [0.2, 0.25) is 0 Å². The average molecular weight is 415 g/mol. The summed E-state index contributed by atoms with van der Waals surface area (Å²) < 4.78 is 3.47. The molecular formula is C24H25N5O2. The highest BCUT2D eigenvalue weighted by atomic mass is 16.2. The van der Waals surface area contributed by atoms with Gasteiger partial charge < -0.3 is 14.4 Å². The van der Waals surface area contributed by atoms with Crippen LogP contribution in [0.25, 0.3) is 16.7 Å². The molecule has 1 aliphatic heterocycles. The third kappa shape index (κ3) is 3.41. The topological polar surface area (TPSA) is 62.9 Å². The fourth-order valence-corrected chi connectivity index (χ4v) is 4.24. The van der Waals surface area contributed by atoms with Crippen molar-refractivity contribution in [3.8, 4) is 0 Å². The molecule has 0 aliphatic carbocycles. The van der Waals surface area contributed by atoms with Crippen LogP contribution in [0.1, 0.15) is 21.6 Å². The van der Waals surface area contributed by atoms with E-state index in [1.165, 1.54) is 0 Å². The summed E-state index contributed by atoms with van der Waals surface area (Å²) in [5.74, 6) is -0.0489. The molecule has 31 heavy (non-hydrogen) atoms. The van der Waals surface area contributed by atoms with E-state index in [0.717, 1.165) is 24.2 Å². The number of rotatable bonds is 3. The summed E-state index contributed by atoms with van der Waals surface area (Å²) in [5.41, 5.74) is 3.51. The Balaban J connectivity index is 1.71. The highest BCUT2D eigenvalue weighted by Crippen LogP contribution is 2.21. The number of hydrogen-bond donors (Lipinski definition) is 0. The zero-order valence-electron chi connectivity index (χ0n) is 17.8. The Hall–Kier alpha value is -3.45. The number of carbonyl (C=O) groups is 1. The molecule has 1 fully saturated rings. The van der Waals surface area contributed by atoms with E-state index in [9.17, 15) is 9.59 Å². The quantitative estimate of drug-likeness (QED) is 0.516. The van der Waals surface area contributed by atoms with Gasteiger partial charge in [0.1, 0.15) is 17.0 Å². The molecule has 4 heterocycles. The molecule has 3 aromatic heterocycles. The largest absolute Gasteiger partial charge is 0.335 e. The van der Waals surface area contributed by atoms with Crippen LogP contribution in [0.4, 0.5) is 0 Å². The monoisotopic (exact) mass is 415 g/mol. The van der Waals surface area contributed by atoms with Crippen molar-refractivity contribution >= 4 is 22.6 Å². The van der Waals surface area contributed by atoms with Crippen LogP contribution in [-0.2, 0) is 6.54 Å². The van der Waals surface area contributed by atoms with Crippen molar-refractivity contribution in [3.05, 3.63) is 81.9 Å². The second-order valence-electron chi connectivity index (χ2n) is 8.24. The normalized spacial score (nSPS) is 15.1. The molecule has 158 valence electrons. The summed E-state index contributed by atoms with van der Waals surface area (Å²) in [7, 11) is 2.06. The van der Waals surface area contributed by atoms with Crippen molar-refractivity contribution in [1.29, 1.82) is 0 Å². The summed E-state index contributed by atoms with van der Waals surface area (Å²) in [6.07, 6.45) is 1.73. The molecule has 1 saturated heterocycles. The molecule has 0 bridgehead atoms. The van der Waals surface area contributed by atoms with Crippen molar-refractivity contribution in [1.82, 2.24) is 23.8 Å². The Labute approximate surface area is 180 Å². The number of nitrogens with zero attached hydrogens (tertiary/aromatic N) is 5. The molecule has 7 nitrogen and oxygen atoms in total. The maximum absolute atomic E-state index is 13.5. The maximum Gasteiger partial charge on any atom is 0.270 e. The molecule has 0 spiro atoms. The van der Waals surface area contributed by atoms with Gasteiger partial charge in [0.25, 0.3) is 11.5 Å². The van der Waals surface area contributed by atoms with Gasteiger partial charge in [0.05, 0.1) is 5.39 Å². The Morgan fingerprint density at radius 2 is 1.74 bits per heavy atom. The zero-order chi connectivity index (χ0) is 21.5. The SMILES string of the molecule is Cc1cccn2c(=O)c3cc(C(=O)N4CCN(C)CC4)n(Cc4ccccc4)c3nc12. The zero-order valence-corrected chi connectivity index (χ0v) is 17.8. The first-order valence-corrected chi connectivity index (χ1v) is 10.6. The molecule has 0 radical (unpaired) electrons. The summed E-state index contributed by atoms with van der Waals surface area (Å²) in [4.78, 5) is 35.7. The Morgan fingerprint density at radius 3 is 2.48 bits per heavy atom. The van der Waals surface area contributed by atoms with Gasteiger partial charge in [-0.05, 0) is 37.2 Å². The maximum atomic E-state index is 13.5. The molecule has 0 N–H and O–H groups in total. The number of likely N-dealkylation sites (N-methyl/N-ethyl adjacent to an activating group) is 1. The van der Waals surface area contributed by atoms with Gasteiger partial charge in [-0.25, -0.2) is 4.98 Å². The number of amides is 1. The average Bonchev–Trinajstić information content (AvgIpc) is 3.14. The van der Waals surface area contributed by atoms with Crippen LogP contribution in [0.5, 0.6) is 0 Å². The number of piperazine rings is 1. The molecule has 1 aromatic carbocycles. The number of aromatic nitrogens is 3. The predicted molar refractivity (Wildman–Crippen MR) is 121 cm³/mol. The lowest BCUT2D eigenvalue weighted by Crippen LogP contribution is -2.47. The van der Waals surface area contributed by atoms with Crippen LogP contribution in [0.3, 0.4) is 0 Å². The van der Waals surface area contributed by atoms with Crippen LogP contribution in [0.2, 0.25) is 0 Å². The van der Waals surface area contributed by atoms with Gasteiger partial charge in [0.15, 0.2) is 0 Å². The molecule has 5 rings (SSSR count). The van der Waals surface area contributed by atoms with Crippen molar-refractivity contribution in [3.63, 3.8) is 0 Å². The summed E-state index contributed by atoms with van der Waals surface area (Å²) in [5, 5.41) is 0.469. The third-order valence-electron chi connectivity index (χ3n) is 6.08. The number of fused-ring (bicyclic) bond motifs is 2. The molecule has 0 unspecified atom stereocenters. The van der Waals surface area contributed by atoms with E-state index in [0.29, 0.717) is 42.0 Å². The van der Waals surface area contributed by atoms with Gasteiger partial charge in [-0.2, -0.15) is 0 Å². The number of carbonyl (C=O) groups excluding carboxylic acids is 1. The number of pyridine rings is 1.